The molecular weight excluding hydrogens is 438 g/mol. The van der Waals surface area contributed by atoms with Crippen LogP contribution in [0.3, 0.4) is 0 Å². The molecule has 166 valence electrons. The zero-order chi connectivity index (χ0) is 23.2. The van der Waals surface area contributed by atoms with Crippen molar-refractivity contribution in [3.05, 3.63) is 56.3 Å². The Labute approximate surface area is 187 Å². The molecule has 3 heterocycles. The molecule has 1 saturated heterocycles. The predicted octanol–water partition coefficient (Wildman–Crippen LogP) is 1.29. The maximum absolute atomic E-state index is 12.9. The molecular formula is C21H20ClN5O5. The molecule has 1 unspecified atom stereocenters. The number of rotatable bonds is 4. The molecule has 11 heteroatoms. The quantitative estimate of drug-likeness (QED) is 0.631. The van der Waals surface area contributed by atoms with Crippen molar-refractivity contribution in [3.8, 4) is 5.75 Å². The topological polar surface area (TPSA) is 116 Å². The van der Waals surface area contributed by atoms with Crippen LogP contribution in [-0.2, 0) is 23.7 Å². The fraction of sp³-hybridized carbons (Fsp3) is 0.286. The fourth-order valence-electron chi connectivity index (χ4n) is 3.77. The molecule has 0 saturated carbocycles. The normalized spacial score (nSPS) is 15.9. The molecule has 1 fully saturated rings. The molecule has 0 radical (unpaired) electrons. The number of amides is 2. The summed E-state index contributed by atoms with van der Waals surface area (Å²) in [6.07, 6.45) is 1.38. The highest BCUT2D eigenvalue weighted by Crippen LogP contribution is 2.35. The number of anilines is 2. The van der Waals surface area contributed by atoms with E-state index in [0.29, 0.717) is 22.1 Å². The third kappa shape index (κ3) is 3.62. The minimum absolute atomic E-state index is 0.0127. The first-order chi connectivity index (χ1) is 15.2. The molecule has 0 spiro atoms. The molecule has 32 heavy (non-hydrogen) atoms. The van der Waals surface area contributed by atoms with Gasteiger partial charge in [-0.3, -0.25) is 23.5 Å². The van der Waals surface area contributed by atoms with E-state index < -0.39 is 17.2 Å². The highest BCUT2D eigenvalue weighted by molar-refractivity contribution is 6.31. The average Bonchev–Trinajstić information content (AvgIpc) is 3.17. The molecule has 1 aliphatic heterocycles. The van der Waals surface area contributed by atoms with Crippen LogP contribution in [0.5, 0.6) is 5.75 Å². The number of nitrogens with one attached hydrogen (secondary N) is 1. The first-order valence-electron chi connectivity index (χ1n) is 9.71. The molecule has 0 aliphatic carbocycles. The number of benzene rings is 1. The minimum Gasteiger partial charge on any atom is -0.495 e. The van der Waals surface area contributed by atoms with E-state index in [-0.39, 0.29) is 35.8 Å². The lowest BCUT2D eigenvalue weighted by Gasteiger charge is -2.20. The van der Waals surface area contributed by atoms with Crippen molar-refractivity contribution in [1.29, 1.82) is 0 Å². The van der Waals surface area contributed by atoms with E-state index >= 15 is 0 Å². The van der Waals surface area contributed by atoms with Crippen molar-refractivity contribution in [3.63, 3.8) is 0 Å². The zero-order valence-corrected chi connectivity index (χ0v) is 18.3. The van der Waals surface area contributed by atoms with Gasteiger partial charge >= 0.3 is 5.69 Å². The summed E-state index contributed by atoms with van der Waals surface area (Å²) in [5, 5.41) is 3.35. The van der Waals surface area contributed by atoms with E-state index in [1.54, 1.807) is 18.2 Å². The molecule has 4 rings (SSSR count). The Bertz CT molecular complexity index is 1380. The zero-order valence-electron chi connectivity index (χ0n) is 17.6. The predicted molar refractivity (Wildman–Crippen MR) is 119 cm³/mol. The average molecular weight is 458 g/mol. The summed E-state index contributed by atoms with van der Waals surface area (Å²) in [5.41, 5.74) is 0.00250. The van der Waals surface area contributed by atoms with Gasteiger partial charge in [0.05, 0.1) is 36.0 Å². The van der Waals surface area contributed by atoms with Crippen molar-refractivity contribution in [2.75, 3.05) is 23.9 Å². The molecule has 1 atom stereocenters. The SMILES string of the molecule is COc1ccc(Cl)cc1N1CC(C(=O)Nc2cnc3c(c2)c(=O)n(C)c(=O)n3C)CC1=O. The maximum atomic E-state index is 12.9. The summed E-state index contributed by atoms with van der Waals surface area (Å²) in [7, 11) is 4.38. The lowest BCUT2D eigenvalue weighted by Crippen LogP contribution is -2.37. The summed E-state index contributed by atoms with van der Waals surface area (Å²) < 4.78 is 7.55. The number of carbonyl (C=O) groups is 2. The molecule has 1 aliphatic rings. The number of fused-ring (bicyclic) bond motifs is 1. The van der Waals surface area contributed by atoms with Crippen LogP contribution in [0.25, 0.3) is 11.0 Å². The van der Waals surface area contributed by atoms with Crippen LogP contribution in [-0.4, -0.2) is 39.6 Å². The number of aryl methyl sites for hydroxylation is 1. The first-order valence-corrected chi connectivity index (χ1v) is 10.1. The number of hydrogen-bond acceptors (Lipinski definition) is 6. The van der Waals surface area contributed by atoms with Crippen LogP contribution >= 0.6 is 11.6 Å². The number of nitrogens with zero attached hydrogens (tertiary/aromatic N) is 4. The number of halogens is 1. The van der Waals surface area contributed by atoms with Crippen LogP contribution in [0.15, 0.2) is 40.1 Å². The van der Waals surface area contributed by atoms with Gasteiger partial charge in [-0.2, -0.15) is 0 Å². The van der Waals surface area contributed by atoms with Gasteiger partial charge in [-0.15, -0.1) is 0 Å². The minimum atomic E-state index is -0.621. The van der Waals surface area contributed by atoms with Crippen LogP contribution in [0.2, 0.25) is 5.02 Å². The number of ether oxygens (including phenoxy) is 1. The van der Waals surface area contributed by atoms with Crippen molar-refractivity contribution in [2.24, 2.45) is 20.0 Å². The van der Waals surface area contributed by atoms with Gasteiger partial charge in [-0.25, -0.2) is 9.78 Å². The van der Waals surface area contributed by atoms with Gasteiger partial charge in [0.25, 0.3) is 5.56 Å². The van der Waals surface area contributed by atoms with Crippen molar-refractivity contribution < 1.29 is 14.3 Å². The highest BCUT2D eigenvalue weighted by atomic mass is 35.5. The van der Waals surface area contributed by atoms with Crippen LogP contribution < -0.4 is 26.2 Å². The van der Waals surface area contributed by atoms with Crippen molar-refractivity contribution in [1.82, 2.24) is 14.1 Å². The number of methoxy groups -OCH3 is 1. The first kappa shape index (κ1) is 21.6. The van der Waals surface area contributed by atoms with Gasteiger partial charge in [-0.05, 0) is 24.3 Å². The fourth-order valence-corrected chi connectivity index (χ4v) is 3.93. The van der Waals surface area contributed by atoms with E-state index in [1.807, 2.05) is 0 Å². The second kappa shape index (κ2) is 8.12. The van der Waals surface area contributed by atoms with Gasteiger partial charge < -0.3 is 15.0 Å². The number of carbonyl (C=O) groups excluding carboxylic acids is 2. The Morgan fingerprint density at radius 1 is 1.19 bits per heavy atom. The monoisotopic (exact) mass is 457 g/mol. The molecule has 1 aromatic carbocycles. The Morgan fingerprint density at radius 3 is 2.66 bits per heavy atom. The molecule has 10 nitrogen and oxygen atoms in total. The largest absolute Gasteiger partial charge is 0.495 e. The summed E-state index contributed by atoms with van der Waals surface area (Å²) in [5.74, 6) is -0.760. The second-order valence-corrected chi connectivity index (χ2v) is 7.95. The Kier molecular flexibility index (Phi) is 5.47. The van der Waals surface area contributed by atoms with E-state index in [1.165, 1.54) is 42.9 Å². The Morgan fingerprint density at radius 2 is 1.94 bits per heavy atom. The summed E-state index contributed by atoms with van der Waals surface area (Å²) in [6, 6.07) is 6.40. The number of aromatic nitrogens is 3. The van der Waals surface area contributed by atoms with Crippen LogP contribution in [0.1, 0.15) is 6.42 Å². The lowest BCUT2D eigenvalue weighted by atomic mass is 10.1. The molecule has 1 N–H and O–H groups in total. The highest BCUT2D eigenvalue weighted by Gasteiger charge is 2.36. The second-order valence-electron chi connectivity index (χ2n) is 7.51. The van der Waals surface area contributed by atoms with Gasteiger partial charge in [0.2, 0.25) is 11.8 Å². The third-order valence-electron chi connectivity index (χ3n) is 5.49. The van der Waals surface area contributed by atoms with E-state index in [0.717, 1.165) is 4.57 Å². The van der Waals surface area contributed by atoms with Crippen molar-refractivity contribution >= 4 is 45.8 Å². The third-order valence-corrected chi connectivity index (χ3v) is 5.72. The van der Waals surface area contributed by atoms with E-state index in [4.69, 9.17) is 16.3 Å². The standard InChI is InChI=1S/C21H20ClN5O5/c1-25-18-14(20(30)26(2)21(25)31)8-13(9-23-18)24-19(29)11-6-17(28)27(10-11)15-7-12(22)4-5-16(15)32-3/h4-5,7-9,11H,6,10H2,1-3H3,(H,24,29). The van der Waals surface area contributed by atoms with Crippen LogP contribution in [0, 0.1) is 5.92 Å². The van der Waals surface area contributed by atoms with Gasteiger partial charge in [-0.1, -0.05) is 11.6 Å². The van der Waals surface area contributed by atoms with Crippen LogP contribution in [0.4, 0.5) is 11.4 Å². The number of hydrogen-bond donors (Lipinski definition) is 1. The smallest absolute Gasteiger partial charge is 0.332 e. The lowest BCUT2D eigenvalue weighted by molar-refractivity contribution is -0.122. The molecule has 2 aromatic heterocycles. The molecule has 3 aromatic rings. The Hall–Kier alpha value is -3.66. The maximum Gasteiger partial charge on any atom is 0.332 e. The molecule has 2 amide bonds. The van der Waals surface area contributed by atoms with Gasteiger partial charge in [0.1, 0.15) is 11.4 Å². The molecule has 0 bridgehead atoms. The van der Waals surface area contributed by atoms with Crippen molar-refractivity contribution in [2.45, 2.75) is 6.42 Å². The van der Waals surface area contributed by atoms with E-state index in [2.05, 4.69) is 10.3 Å². The summed E-state index contributed by atoms with van der Waals surface area (Å²) >= 11 is 6.07. The van der Waals surface area contributed by atoms with Gasteiger partial charge in [0, 0.05) is 32.1 Å². The van der Waals surface area contributed by atoms with E-state index in [9.17, 15) is 19.2 Å². The Balaban J connectivity index is 1.58. The summed E-state index contributed by atoms with van der Waals surface area (Å²) in [6.45, 7) is 0.151. The van der Waals surface area contributed by atoms with Gasteiger partial charge in [0.15, 0.2) is 0 Å². The number of pyridine rings is 1. The summed E-state index contributed by atoms with van der Waals surface area (Å²) in [4.78, 5) is 55.6.